The van der Waals surface area contributed by atoms with Gasteiger partial charge in [-0.3, -0.25) is 29.0 Å². The van der Waals surface area contributed by atoms with Gasteiger partial charge in [0.1, 0.15) is 11.5 Å². The zero-order valence-corrected chi connectivity index (χ0v) is 33.3. The number of nitrogens with zero attached hydrogens (tertiary/aromatic N) is 2. The summed E-state index contributed by atoms with van der Waals surface area (Å²) in [4.78, 5) is 56.3. The summed E-state index contributed by atoms with van der Waals surface area (Å²) in [6, 6.07) is 3.94. The number of fused-ring (bicyclic) bond motifs is 1. The number of phenolic OH excluding ortho intramolecular Hbond substituents is 1. The lowest BCUT2D eigenvalue weighted by Crippen LogP contribution is -2.45. The van der Waals surface area contributed by atoms with Gasteiger partial charge in [-0.05, 0) is 92.7 Å². The number of likely N-dealkylation sites (tertiary alicyclic amines) is 1. The number of nitrogens with one attached hydrogen (secondary N) is 2. The van der Waals surface area contributed by atoms with E-state index in [0.29, 0.717) is 43.4 Å². The van der Waals surface area contributed by atoms with E-state index < -0.39 is 0 Å². The molecule has 10 heteroatoms. The van der Waals surface area contributed by atoms with E-state index in [1.807, 2.05) is 17.8 Å². The SMILES string of the molecule is CC(C)(C)Cc1c(SC(C)(C)C)[nH]c2c(CN3CC(CCCC(=O)CCCCCNC(=O)C4CCC(CN5C(=O)C=CC5=O)CC4)C3)c(O)ccc12. The quantitative estimate of drug-likeness (QED) is 0.0857. The predicted molar refractivity (Wildman–Crippen MR) is 209 cm³/mol. The standard InChI is InChI=1S/C42H62N4O5S/c1-41(2,3)23-33-32-18-19-35(48)34(38(32)44-40(33)52-42(4,5)6)27-45-24-29(25-45)11-10-13-31(47)12-8-7-9-22-43-39(51)30-16-14-28(15-17-30)26-46-36(49)20-21-37(46)50/h18-21,28-30,44,48H,7-17,22-27H2,1-6H3,(H,43,51). The number of aromatic hydroxyl groups is 1. The minimum Gasteiger partial charge on any atom is -0.508 e. The first-order chi connectivity index (χ1) is 24.6. The van der Waals surface area contributed by atoms with E-state index in [1.54, 1.807) is 0 Å². The summed E-state index contributed by atoms with van der Waals surface area (Å²) in [5, 5.41) is 16.4. The van der Waals surface area contributed by atoms with Crippen LogP contribution in [0.5, 0.6) is 5.75 Å². The van der Waals surface area contributed by atoms with Crippen molar-refractivity contribution < 1.29 is 24.3 Å². The summed E-state index contributed by atoms with van der Waals surface area (Å²) in [6.07, 6.45) is 12.8. The number of carbonyl (C=O) groups is 4. The Morgan fingerprint density at radius 2 is 1.56 bits per heavy atom. The maximum atomic E-state index is 12.7. The number of phenols is 1. The van der Waals surface area contributed by atoms with Crippen LogP contribution in [0, 0.1) is 23.2 Å². The third-order valence-electron chi connectivity index (χ3n) is 10.7. The van der Waals surface area contributed by atoms with Gasteiger partial charge in [0, 0.05) is 79.3 Å². The van der Waals surface area contributed by atoms with Crippen LogP contribution >= 0.6 is 11.8 Å². The van der Waals surface area contributed by atoms with E-state index in [-0.39, 0.29) is 39.7 Å². The Hall–Kier alpha value is -3.11. The second-order valence-corrected chi connectivity index (χ2v) is 19.6. The second kappa shape index (κ2) is 17.4. The number of benzene rings is 1. The number of H-pyrrole nitrogens is 1. The van der Waals surface area contributed by atoms with Gasteiger partial charge in [-0.15, -0.1) is 11.8 Å². The smallest absolute Gasteiger partial charge is 0.253 e. The van der Waals surface area contributed by atoms with Crippen molar-refractivity contribution in [1.82, 2.24) is 20.1 Å². The van der Waals surface area contributed by atoms with Crippen LogP contribution < -0.4 is 5.32 Å². The number of carbonyl (C=O) groups excluding carboxylic acids is 4. The molecule has 1 aromatic heterocycles. The van der Waals surface area contributed by atoms with E-state index in [2.05, 4.69) is 62.8 Å². The molecule has 3 heterocycles. The maximum Gasteiger partial charge on any atom is 0.253 e. The molecule has 0 spiro atoms. The fraction of sp³-hybridized carbons (Fsp3) is 0.667. The summed E-state index contributed by atoms with van der Waals surface area (Å²) in [7, 11) is 0. The molecule has 2 fully saturated rings. The third-order valence-corrected chi connectivity index (χ3v) is 11.9. The summed E-state index contributed by atoms with van der Waals surface area (Å²) in [5.74, 6) is 1.19. The van der Waals surface area contributed by atoms with E-state index in [0.717, 1.165) is 94.9 Å². The average Bonchev–Trinajstić information content (AvgIpc) is 3.54. The number of imide groups is 1. The van der Waals surface area contributed by atoms with Crippen LogP contribution in [0.3, 0.4) is 0 Å². The lowest BCUT2D eigenvalue weighted by molar-refractivity contribution is -0.138. The Labute approximate surface area is 315 Å². The highest BCUT2D eigenvalue weighted by molar-refractivity contribution is 8.00. The van der Waals surface area contributed by atoms with Crippen molar-refractivity contribution in [3.8, 4) is 5.75 Å². The lowest BCUT2D eigenvalue weighted by atomic mass is 9.81. The monoisotopic (exact) mass is 734 g/mol. The highest BCUT2D eigenvalue weighted by atomic mass is 32.2. The number of Topliss-reactive ketones (excluding diaryl/α,β-unsaturated/α-hetero) is 1. The number of unbranched alkanes of at least 4 members (excludes halogenated alkanes) is 2. The second-order valence-electron chi connectivity index (χ2n) is 17.8. The topological polar surface area (TPSA) is 123 Å². The van der Waals surface area contributed by atoms with Crippen LogP contribution in [0.25, 0.3) is 10.9 Å². The van der Waals surface area contributed by atoms with Crippen molar-refractivity contribution >= 4 is 46.2 Å². The van der Waals surface area contributed by atoms with Gasteiger partial charge in [0.2, 0.25) is 5.91 Å². The van der Waals surface area contributed by atoms with Crippen molar-refractivity contribution in [3.63, 3.8) is 0 Å². The van der Waals surface area contributed by atoms with Crippen molar-refractivity contribution in [2.24, 2.45) is 23.2 Å². The van der Waals surface area contributed by atoms with Gasteiger partial charge in [0.05, 0.1) is 10.5 Å². The highest BCUT2D eigenvalue weighted by Gasteiger charge is 2.32. The van der Waals surface area contributed by atoms with Gasteiger partial charge in [0.15, 0.2) is 0 Å². The first kappa shape index (κ1) is 40.1. The molecule has 2 aromatic rings. The normalized spacial score (nSPS) is 20.2. The first-order valence-electron chi connectivity index (χ1n) is 19.7. The number of hydrogen-bond donors (Lipinski definition) is 3. The molecular weight excluding hydrogens is 673 g/mol. The zero-order chi connectivity index (χ0) is 37.6. The van der Waals surface area contributed by atoms with Gasteiger partial charge in [-0.2, -0.15) is 0 Å². The Balaban J connectivity index is 0.937. The lowest BCUT2D eigenvalue weighted by Gasteiger charge is -2.39. The molecule has 1 aliphatic carbocycles. The van der Waals surface area contributed by atoms with Crippen LogP contribution in [0.2, 0.25) is 0 Å². The largest absolute Gasteiger partial charge is 0.508 e. The number of ketones is 1. The zero-order valence-electron chi connectivity index (χ0n) is 32.4. The van der Waals surface area contributed by atoms with Gasteiger partial charge < -0.3 is 15.4 Å². The number of amides is 3. The molecular formula is C42H62N4O5S. The van der Waals surface area contributed by atoms with E-state index in [1.165, 1.54) is 33.0 Å². The molecule has 3 amide bonds. The number of aromatic amines is 1. The molecule has 1 saturated carbocycles. The van der Waals surface area contributed by atoms with Crippen molar-refractivity contribution in [2.75, 3.05) is 26.2 Å². The highest BCUT2D eigenvalue weighted by Crippen LogP contribution is 2.42. The Bertz CT molecular complexity index is 1600. The van der Waals surface area contributed by atoms with Crippen molar-refractivity contribution in [1.29, 1.82) is 0 Å². The van der Waals surface area contributed by atoms with E-state index in [4.69, 9.17) is 0 Å². The minimum absolute atomic E-state index is 0.00144. The van der Waals surface area contributed by atoms with Gasteiger partial charge in [-0.25, -0.2) is 0 Å². The Morgan fingerprint density at radius 3 is 2.21 bits per heavy atom. The number of thioether (sulfide) groups is 1. The average molecular weight is 735 g/mol. The van der Waals surface area contributed by atoms with Crippen LogP contribution in [-0.4, -0.2) is 74.3 Å². The molecule has 3 N–H and O–H groups in total. The molecule has 0 radical (unpaired) electrons. The van der Waals surface area contributed by atoms with Crippen molar-refractivity contribution in [3.05, 3.63) is 35.4 Å². The Morgan fingerprint density at radius 1 is 0.885 bits per heavy atom. The molecule has 9 nitrogen and oxygen atoms in total. The number of rotatable bonds is 17. The molecule has 1 aromatic carbocycles. The molecule has 52 heavy (non-hydrogen) atoms. The summed E-state index contributed by atoms with van der Waals surface area (Å²) < 4.78 is 0.0743. The maximum absolute atomic E-state index is 12.7. The first-order valence-corrected chi connectivity index (χ1v) is 20.5. The Kier molecular flexibility index (Phi) is 13.4. The molecule has 2 aliphatic heterocycles. The molecule has 0 atom stereocenters. The van der Waals surface area contributed by atoms with Gasteiger partial charge in [-0.1, -0.05) is 48.0 Å². The minimum atomic E-state index is -0.233. The number of aromatic nitrogens is 1. The molecule has 1 saturated heterocycles. The van der Waals surface area contributed by atoms with E-state index >= 15 is 0 Å². The fourth-order valence-corrected chi connectivity index (χ4v) is 9.05. The molecule has 286 valence electrons. The van der Waals surface area contributed by atoms with E-state index in [9.17, 15) is 24.3 Å². The van der Waals surface area contributed by atoms with Crippen LogP contribution in [0.1, 0.15) is 123 Å². The summed E-state index contributed by atoms with van der Waals surface area (Å²) in [6.45, 7) is 17.3. The van der Waals surface area contributed by atoms with Gasteiger partial charge >= 0.3 is 0 Å². The summed E-state index contributed by atoms with van der Waals surface area (Å²) >= 11 is 1.87. The molecule has 0 unspecified atom stereocenters. The van der Waals surface area contributed by atoms with Crippen molar-refractivity contribution in [2.45, 2.75) is 135 Å². The fourth-order valence-electron chi connectivity index (χ4n) is 7.98. The van der Waals surface area contributed by atoms with Crippen LogP contribution in [-0.2, 0) is 32.1 Å². The molecule has 5 rings (SSSR count). The molecule has 0 bridgehead atoms. The van der Waals surface area contributed by atoms with Crippen LogP contribution in [0.4, 0.5) is 0 Å². The molecule has 3 aliphatic rings. The number of hydrogen-bond acceptors (Lipinski definition) is 7. The predicted octanol–water partition coefficient (Wildman–Crippen LogP) is 7.93. The third kappa shape index (κ3) is 11.2. The summed E-state index contributed by atoms with van der Waals surface area (Å²) in [5.41, 5.74) is 3.54. The van der Waals surface area contributed by atoms with Gasteiger partial charge in [0.25, 0.3) is 11.8 Å². The van der Waals surface area contributed by atoms with Crippen LogP contribution in [0.15, 0.2) is 29.3 Å².